The molecule has 0 spiro atoms. The third kappa shape index (κ3) is 2.91. The number of benzene rings is 2. The maximum atomic E-state index is 12.3. The van der Waals surface area contributed by atoms with E-state index in [4.69, 9.17) is 0 Å². The van der Waals surface area contributed by atoms with Gasteiger partial charge in [-0.05, 0) is 31.3 Å². The molecule has 3 aromatic rings. The van der Waals surface area contributed by atoms with Gasteiger partial charge in [0, 0.05) is 18.3 Å². The number of ketones is 1. The third-order valence-electron chi connectivity index (χ3n) is 4.37. The first kappa shape index (κ1) is 16.2. The molecule has 6 heteroatoms. The van der Waals surface area contributed by atoms with Gasteiger partial charge in [0.25, 0.3) is 5.78 Å². The number of amides is 1. The summed E-state index contributed by atoms with van der Waals surface area (Å²) < 4.78 is 1.82. The normalized spacial score (nSPS) is 13.5. The van der Waals surface area contributed by atoms with Crippen LogP contribution in [0.2, 0.25) is 0 Å². The molecule has 1 aliphatic heterocycles. The van der Waals surface area contributed by atoms with Crippen molar-refractivity contribution in [1.29, 1.82) is 0 Å². The molecule has 0 unspecified atom stereocenters. The minimum atomic E-state index is -0.474. The summed E-state index contributed by atoms with van der Waals surface area (Å²) in [5.41, 5.74) is 3.18. The first-order valence-electron chi connectivity index (χ1n) is 8.36. The molecule has 0 saturated heterocycles. The number of fused-ring (bicyclic) bond motifs is 1. The van der Waals surface area contributed by atoms with Crippen LogP contribution in [0.25, 0.3) is 5.69 Å². The Hall–Kier alpha value is -3.25. The van der Waals surface area contributed by atoms with E-state index in [1.807, 2.05) is 65.4 Å². The molecule has 1 amide bonds. The summed E-state index contributed by atoms with van der Waals surface area (Å²) in [5, 5.41) is 4.39. The van der Waals surface area contributed by atoms with Crippen LogP contribution >= 0.6 is 0 Å². The molecular weight excluding hydrogens is 328 g/mol. The number of nitrogens with zero attached hydrogens (tertiary/aromatic N) is 4. The van der Waals surface area contributed by atoms with E-state index in [-0.39, 0.29) is 0 Å². The van der Waals surface area contributed by atoms with Crippen molar-refractivity contribution in [2.24, 2.45) is 0 Å². The second-order valence-corrected chi connectivity index (χ2v) is 6.36. The fourth-order valence-corrected chi connectivity index (χ4v) is 3.16. The number of anilines is 1. The van der Waals surface area contributed by atoms with Crippen LogP contribution in [-0.2, 0) is 11.3 Å². The predicted molar refractivity (Wildman–Crippen MR) is 98.2 cm³/mol. The number of hydrogen-bond donors (Lipinski definition) is 0. The van der Waals surface area contributed by atoms with E-state index in [0.717, 1.165) is 11.3 Å². The highest BCUT2D eigenvalue weighted by Crippen LogP contribution is 2.28. The molecule has 2 heterocycles. The van der Waals surface area contributed by atoms with E-state index < -0.39 is 11.7 Å². The summed E-state index contributed by atoms with van der Waals surface area (Å²) in [6, 6.07) is 17.0. The van der Waals surface area contributed by atoms with Gasteiger partial charge in [0.15, 0.2) is 0 Å². The van der Waals surface area contributed by atoms with Crippen LogP contribution < -0.4 is 4.90 Å². The van der Waals surface area contributed by atoms with Gasteiger partial charge < -0.3 is 0 Å². The number of rotatable bonds is 5. The summed E-state index contributed by atoms with van der Waals surface area (Å²) in [6.45, 7) is 0.963. The standard InChI is InChI=1S/C20H18N4O2/c1-22(12-15-11-21-24(13-15)16-7-3-2-4-8-16)14-23-18-10-6-5-9-17(18)19(25)20(23)26/h2-11,13H,12,14H2,1H3. The van der Waals surface area contributed by atoms with Gasteiger partial charge in [-0.3, -0.25) is 19.4 Å². The number of aromatic nitrogens is 2. The summed E-state index contributed by atoms with van der Waals surface area (Å²) in [7, 11) is 1.92. The Bertz CT molecular complexity index is 965. The molecule has 1 aromatic heterocycles. The predicted octanol–water partition coefficient (Wildman–Crippen LogP) is 2.49. The smallest absolute Gasteiger partial charge is 0.291 e. The Morgan fingerprint density at radius 1 is 1.00 bits per heavy atom. The van der Waals surface area contributed by atoms with Gasteiger partial charge >= 0.3 is 5.91 Å². The van der Waals surface area contributed by atoms with Gasteiger partial charge in [-0.15, -0.1) is 0 Å². The number of carbonyl (C=O) groups is 2. The van der Waals surface area contributed by atoms with Crippen LogP contribution in [0, 0.1) is 0 Å². The average molecular weight is 346 g/mol. The Labute approximate surface area is 151 Å². The first-order chi connectivity index (χ1) is 12.6. The summed E-state index contributed by atoms with van der Waals surface area (Å²) in [5.74, 6) is -0.913. The molecule has 4 rings (SSSR count). The van der Waals surface area contributed by atoms with Gasteiger partial charge in [-0.25, -0.2) is 4.68 Å². The quantitative estimate of drug-likeness (QED) is 0.666. The number of hydrogen-bond acceptors (Lipinski definition) is 4. The lowest BCUT2D eigenvalue weighted by atomic mass is 10.1. The highest BCUT2D eigenvalue weighted by molar-refractivity contribution is 6.52. The molecule has 0 bridgehead atoms. The largest absolute Gasteiger partial charge is 0.300 e. The second kappa shape index (κ2) is 6.57. The van der Waals surface area contributed by atoms with E-state index in [0.29, 0.717) is 24.5 Å². The lowest BCUT2D eigenvalue weighted by Crippen LogP contribution is -2.38. The molecule has 0 N–H and O–H groups in total. The average Bonchev–Trinajstić information content (AvgIpc) is 3.22. The Morgan fingerprint density at radius 2 is 1.73 bits per heavy atom. The monoisotopic (exact) mass is 346 g/mol. The number of para-hydroxylation sites is 2. The fraction of sp³-hybridized carbons (Fsp3) is 0.150. The second-order valence-electron chi connectivity index (χ2n) is 6.36. The zero-order valence-electron chi connectivity index (χ0n) is 14.4. The van der Waals surface area contributed by atoms with Crippen LogP contribution in [0.1, 0.15) is 15.9 Å². The molecule has 26 heavy (non-hydrogen) atoms. The Morgan fingerprint density at radius 3 is 2.54 bits per heavy atom. The molecule has 0 saturated carbocycles. The lowest BCUT2D eigenvalue weighted by molar-refractivity contribution is -0.114. The Kier molecular flexibility index (Phi) is 4.10. The molecule has 130 valence electrons. The molecule has 0 aliphatic carbocycles. The van der Waals surface area contributed by atoms with Crippen LogP contribution in [0.5, 0.6) is 0 Å². The molecular formula is C20H18N4O2. The van der Waals surface area contributed by atoms with Crippen molar-refractivity contribution >= 4 is 17.4 Å². The van der Waals surface area contributed by atoms with Crippen molar-refractivity contribution in [3.05, 3.63) is 78.1 Å². The zero-order valence-corrected chi connectivity index (χ0v) is 14.4. The minimum Gasteiger partial charge on any atom is -0.291 e. The highest BCUT2D eigenvalue weighted by atomic mass is 16.2. The summed E-state index contributed by atoms with van der Waals surface area (Å²) in [6.07, 6.45) is 3.78. The van der Waals surface area contributed by atoms with Crippen molar-refractivity contribution in [3.63, 3.8) is 0 Å². The number of carbonyl (C=O) groups excluding carboxylic acids is 2. The van der Waals surface area contributed by atoms with Crippen LogP contribution in [0.15, 0.2) is 67.0 Å². The van der Waals surface area contributed by atoms with Gasteiger partial charge in [0.1, 0.15) is 0 Å². The van der Waals surface area contributed by atoms with Crippen molar-refractivity contribution in [1.82, 2.24) is 14.7 Å². The SMILES string of the molecule is CN(Cc1cnn(-c2ccccc2)c1)CN1C(=O)C(=O)c2ccccc21. The van der Waals surface area contributed by atoms with E-state index in [9.17, 15) is 9.59 Å². The molecule has 0 fully saturated rings. The molecule has 6 nitrogen and oxygen atoms in total. The fourth-order valence-electron chi connectivity index (χ4n) is 3.16. The summed E-state index contributed by atoms with van der Waals surface area (Å²) >= 11 is 0. The van der Waals surface area contributed by atoms with E-state index in [1.54, 1.807) is 18.2 Å². The number of Topliss-reactive ketones (excluding diaryl/α,β-unsaturated/α-hetero) is 1. The van der Waals surface area contributed by atoms with Crippen LogP contribution in [0.3, 0.4) is 0 Å². The summed E-state index contributed by atoms with van der Waals surface area (Å²) in [4.78, 5) is 27.9. The minimum absolute atomic E-state index is 0.345. The van der Waals surface area contributed by atoms with Gasteiger partial charge in [-0.2, -0.15) is 5.10 Å². The maximum absolute atomic E-state index is 12.3. The highest BCUT2D eigenvalue weighted by Gasteiger charge is 2.35. The van der Waals surface area contributed by atoms with Crippen molar-refractivity contribution < 1.29 is 9.59 Å². The van der Waals surface area contributed by atoms with Crippen LogP contribution in [0.4, 0.5) is 5.69 Å². The molecule has 0 atom stereocenters. The van der Waals surface area contributed by atoms with E-state index in [2.05, 4.69) is 5.10 Å². The molecule has 2 aromatic carbocycles. The van der Waals surface area contributed by atoms with Crippen molar-refractivity contribution in [2.75, 3.05) is 18.6 Å². The van der Waals surface area contributed by atoms with E-state index in [1.165, 1.54) is 4.90 Å². The van der Waals surface area contributed by atoms with Crippen molar-refractivity contribution in [3.8, 4) is 5.69 Å². The Balaban J connectivity index is 1.47. The van der Waals surface area contributed by atoms with E-state index >= 15 is 0 Å². The van der Waals surface area contributed by atoms with Gasteiger partial charge in [-0.1, -0.05) is 30.3 Å². The third-order valence-corrected chi connectivity index (χ3v) is 4.37. The van der Waals surface area contributed by atoms with Gasteiger partial charge in [0.05, 0.1) is 29.8 Å². The zero-order chi connectivity index (χ0) is 18.1. The van der Waals surface area contributed by atoms with Gasteiger partial charge in [0.2, 0.25) is 0 Å². The lowest BCUT2D eigenvalue weighted by Gasteiger charge is -2.23. The maximum Gasteiger partial charge on any atom is 0.300 e. The molecule has 0 radical (unpaired) electrons. The van der Waals surface area contributed by atoms with Crippen LogP contribution in [-0.4, -0.2) is 40.1 Å². The first-order valence-corrected chi connectivity index (χ1v) is 8.36. The topological polar surface area (TPSA) is 58.4 Å². The molecule has 1 aliphatic rings. The van der Waals surface area contributed by atoms with Crippen molar-refractivity contribution in [2.45, 2.75) is 6.54 Å².